The summed E-state index contributed by atoms with van der Waals surface area (Å²) in [6.45, 7) is 7.20. The monoisotopic (exact) mass is 375 g/mol. The highest BCUT2D eigenvalue weighted by Crippen LogP contribution is 2.20. The second-order valence-electron chi connectivity index (χ2n) is 6.19. The number of sulfonamides is 1. The molecule has 1 heterocycles. The maximum absolute atomic E-state index is 11.5. The van der Waals surface area contributed by atoms with Gasteiger partial charge in [-0.1, -0.05) is 0 Å². The molecular weight excluding hydrogens is 342 g/mol. The first-order valence-electron chi connectivity index (χ1n) is 9.13. The molecule has 8 nitrogen and oxygen atoms in total. The summed E-state index contributed by atoms with van der Waals surface area (Å²) in [5.41, 5.74) is 0. The van der Waals surface area contributed by atoms with E-state index in [0.29, 0.717) is 31.8 Å². The highest BCUT2D eigenvalue weighted by atomic mass is 32.2. The summed E-state index contributed by atoms with van der Waals surface area (Å²) >= 11 is 0. The maximum atomic E-state index is 11.5. The molecule has 0 bridgehead atoms. The zero-order valence-corrected chi connectivity index (χ0v) is 16.5. The first-order chi connectivity index (χ1) is 11.9. The van der Waals surface area contributed by atoms with Gasteiger partial charge in [-0.05, 0) is 39.0 Å². The molecule has 1 saturated heterocycles. The van der Waals surface area contributed by atoms with E-state index in [1.54, 1.807) is 14.0 Å². The van der Waals surface area contributed by atoms with Crippen LogP contribution in [0.3, 0.4) is 0 Å². The predicted octanol–water partition coefficient (Wildman–Crippen LogP) is 0.129. The first kappa shape index (κ1) is 21.7. The average molecular weight is 376 g/mol. The summed E-state index contributed by atoms with van der Waals surface area (Å²) in [5.74, 6) is 1.51. The molecule has 0 saturated carbocycles. The van der Waals surface area contributed by atoms with E-state index in [9.17, 15) is 13.2 Å². The Balaban J connectivity index is 2.42. The van der Waals surface area contributed by atoms with Gasteiger partial charge in [-0.25, -0.2) is 13.1 Å². The first-order valence-corrected chi connectivity index (χ1v) is 10.8. The minimum atomic E-state index is -3.13. The molecule has 1 amide bonds. The molecule has 9 heteroatoms. The smallest absolute Gasteiger partial charge is 0.220 e. The Morgan fingerprint density at radius 2 is 1.92 bits per heavy atom. The number of amides is 1. The summed E-state index contributed by atoms with van der Waals surface area (Å²) in [4.78, 5) is 18.3. The van der Waals surface area contributed by atoms with Crippen molar-refractivity contribution in [2.24, 2.45) is 10.9 Å². The summed E-state index contributed by atoms with van der Waals surface area (Å²) < 4.78 is 25.3. The van der Waals surface area contributed by atoms with Gasteiger partial charge in [0.05, 0.1) is 5.75 Å². The lowest BCUT2D eigenvalue weighted by Gasteiger charge is -2.34. The second kappa shape index (κ2) is 11.3. The average Bonchev–Trinajstić information content (AvgIpc) is 2.61. The number of aliphatic imine (C=N–C) groups is 1. The van der Waals surface area contributed by atoms with Gasteiger partial charge in [-0.15, -0.1) is 0 Å². The van der Waals surface area contributed by atoms with E-state index in [-0.39, 0.29) is 11.7 Å². The summed E-state index contributed by atoms with van der Waals surface area (Å²) in [7, 11) is -1.45. The molecule has 0 aromatic heterocycles. The van der Waals surface area contributed by atoms with Crippen LogP contribution in [-0.2, 0) is 14.8 Å². The van der Waals surface area contributed by atoms with Gasteiger partial charge >= 0.3 is 0 Å². The van der Waals surface area contributed by atoms with Crippen LogP contribution in [-0.4, -0.2) is 70.7 Å². The molecular formula is C16H33N5O3S. The molecule has 0 spiro atoms. The van der Waals surface area contributed by atoms with E-state index >= 15 is 0 Å². The lowest BCUT2D eigenvalue weighted by Crippen LogP contribution is -2.46. The third-order valence-corrected chi connectivity index (χ3v) is 5.70. The van der Waals surface area contributed by atoms with Gasteiger partial charge in [0.1, 0.15) is 0 Å². The van der Waals surface area contributed by atoms with Gasteiger partial charge in [0.2, 0.25) is 15.9 Å². The molecule has 0 unspecified atom stereocenters. The summed E-state index contributed by atoms with van der Waals surface area (Å²) in [6.07, 6.45) is 3.22. The number of piperidine rings is 1. The summed E-state index contributed by atoms with van der Waals surface area (Å²) in [5, 5.41) is 5.98. The molecule has 0 aromatic rings. The molecule has 0 radical (unpaired) electrons. The molecule has 1 aliphatic rings. The van der Waals surface area contributed by atoms with Crippen molar-refractivity contribution in [3.63, 3.8) is 0 Å². The highest BCUT2D eigenvalue weighted by Gasteiger charge is 2.22. The molecule has 1 aliphatic heterocycles. The van der Waals surface area contributed by atoms with Crippen LogP contribution in [0.4, 0.5) is 0 Å². The Bertz CT molecular complexity index is 528. The predicted molar refractivity (Wildman–Crippen MR) is 101 cm³/mol. The van der Waals surface area contributed by atoms with Crippen LogP contribution in [0, 0.1) is 5.92 Å². The van der Waals surface area contributed by atoms with Crippen LogP contribution >= 0.6 is 0 Å². The number of nitrogens with one attached hydrogen (secondary N) is 3. The van der Waals surface area contributed by atoms with Crippen LogP contribution < -0.4 is 15.4 Å². The van der Waals surface area contributed by atoms with Crippen molar-refractivity contribution in [3.05, 3.63) is 0 Å². The molecule has 0 atom stereocenters. The quantitative estimate of drug-likeness (QED) is 0.302. The molecule has 0 aromatic carbocycles. The molecule has 1 rings (SSSR count). The van der Waals surface area contributed by atoms with Gasteiger partial charge < -0.3 is 15.5 Å². The largest absolute Gasteiger partial charge is 0.359 e. The van der Waals surface area contributed by atoms with Crippen molar-refractivity contribution in [1.82, 2.24) is 20.3 Å². The lowest BCUT2D eigenvalue weighted by molar-refractivity contribution is -0.121. The van der Waals surface area contributed by atoms with Gasteiger partial charge in [0.15, 0.2) is 5.96 Å². The van der Waals surface area contributed by atoms with E-state index in [0.717, 1.165) is 38.4 Å². The molecule has 3 N–H and O–H groups in total. The van der Waals surface area contributed by atoms with Gasteiger partial charge in [0, 0.05) is 46.2 Å². The Morgan fingerprint density at radius 1 is 1.24 bits per heavy atom. The van der Waals surface area contributed by atoms with Crippen LogP contribution in [0.25, 0.3) is 0 Å². The number of guanidine groups is 1. The third-order valence-electron chi connectivity index (χ3n) is 4.30. The zero-order valence-electron chi connectivity index (χ0n) is 15.7. The number of likely N-dealkylation sites (tertiary alicyclic amines) is 1. The topological polar surface area (TPSA) is 103 Å². The Morgan fingerprint density at radius 3 is 2.48 bits per heavy atom. The molecule has 1 fully saturated rings. The number of nitrogens with zero attached hydrogens (tertiary/aromatic N) is 2. The highest BCUT2D eigenvalue weighted by molar-refractivity contribution is 7.89. The van der Waals surface area contributed by atoms with Crippen LogP contribution in [0.1, 0.15) is 39.5 Å². The van der Waals surface area contributed by atoms with Crippen molar-refractivity contribution < 1.29 is 13.2 Å². The van der Waals surface area contributed by atoms with Gasteiger partial charge in [-0.2, -0.15) is 0 Å². The van der Waals surface area contributed by atoms with E-state index < -0.39 is 10.0 Å². The lowest BCUT2D eigenvalue weighted by atomic mass is 9.93. The number of hydrogen-bond donors (Lipinski definition) is 3. The van der Waals surface area contributed by atoms with Crippen molar-refractivity contribution in [2.75, 3.05) is 45.5 Å². The van der Waals surface area contributed by atoms with Crippen molar-refractivity contribution in [2.45, 2.75) is 39.5 Å². The van der Waals surface area contributed by atoms with Gasteiger partial charge in [0.25, 0.3) is 0 Å². The number of carbonyl (C=O) groups excluding carboxylic acids is 1. The van der Waals surface area contributed by atoms with E-state index in [4.69, 9.17) is 0 Å². The van der Waals surface area contributed by atoms with Gasteiger partial charge in [-0.3, -0.25) is 9.79 Å². The van der Waals surface area contributed by atoms with E-state index in [1.165, 1.54) is 0 Å². The Kier molecular flexibility index (Phi) is 9.81. The van der Waals surface area contributed by atoms with Crippen molar-refractivity contribution in [1.29, 1.82) is 0 Å². The van der Waals surface area contributed by atoms with E-state index in [1.807, 2.05) is 6.92 Å². The fourth-order valence-corrected chi connectivity index (χ4v) is 3.39. The van der Waals surface area contributed by atoms with Crippen molar-refractivity contribution in [3.8, 4) is 0 Å². The minimum Gasteiger partial charge on any atom is -0.359 e. The normalized spacial score (nSPS) is 16.8. The maximum Gasteiger partial charge on any atom is 0.220 e. The fourth-order valence-electron chi connectivity index (χ4n) is 2.73. The minimum absolute atomic E-state index is 0.101. The molecule has 0 aliphatic carbocycles. The van der Waals surface area contributed by atoms with Crippen LogP contribution in [0.15, 0.2) is 4.99 Å². The van der Waals surface area contributed by atoms with Crippen LogP contribution in [0.2, 0.25) is 0 Å². The van der Waals surface area contributed by atoms with Crippen molar-refractivity contribution >= 4 is 21.9 Å². The third kappa shape index (κ3) is 8.53. The second-order valence-corrected chi connectivity index (χ2v) is 8.29. The molecule has 146 valence electrons. The fraction of sp³-hybridized carbons (Fsp3) is 0.875. The summed E-state index contributed by atoms with van der Waals surface area (Å²) in [6, 6.07) is 0. The SMILES string of the molecule is CCNC(=NCCCNS(=O)(=O)CC)N1CCC(CC(=O)NC)CC1. The number of carbonyl (C=O) groups is 1. The van der Waals surface area contributed by atoms with Crippen LogP contribution in [0.5, 0.6) is 0 Å². The Labute approximate surface area is 151 Å². The van der Waals surface area contributed by atoms with E-state index in [2.05, 4.69) is 25.2 Å². The number of rotatable bonds is 9. The Hall–Kier alpha value is -1.35. The molecule has 25 heavy (non-hydrogen) atoms. The zero-order chi connectivity index (χ0) is 18.7. The standard InChI is InChI=1S/C16H33N5O3S/c1-4-18-16(19-9-6-10-20-25(23,24)5-2)21-11-7-14(8-12-21)13-15(22)17-3/h14,20H,4-13H2,1-3H3,(H,17,22)(H,18,19). The number of hydrogen-bond acceptors (Lipinski definition) is 4.